The van der Waals surface area contributed by atoms with Gasteiger partial charge in [0.1, 0.15) is 6.33 Å². The third-order valence-corrected chi connectivity index (χ3v) is 4.97. The molecule has 0 aliphatic rings. The number of anilines is 1. The smallest absolute Gasteiger partial charge is 0.240 e. The lowest BCUT2D eigenvalue weighted by Crippen LogP contribution is -2.18. The van der Waals surface area contributed by atoms with E-state index in [4.69, 9.17) is 5.73 Å². The van der Waals surface area contributed by atoms with E-state index in [1.54, 1.807) is 17.8 Å². The van der Waals surface area contributed by atoms with Crippen molar-refractivity contribution in [2.24, 2.45) is 7.05 Å². The fraction of sp³-hybridized carbons (Fsp3) is 0.200. The highest BCUT2D eigenvalue weighted by Gasteiger charge is 2.15. The molecule has 0 amide bonds. The lowest BCUT2D eigenvalue weighted by atomic mass is 10.3. The standard InChI is InChI=1S/C10H13N5O2S2/c1-12-19(16,17)7-3-4-8(11)9(5-7)18-10-13-6-14-15(10)2/h3-6,12H,11H2,1-2H3. The molecule has 1 heterocycles. The van der Waals surface area contributed by atoms with Gasteiger partial charge in [0.05, 0.1) is 4.90 Å². The molecule has 1 aromatic heterocycles. The highest BCUT2D eigenvalue weighted by Crippen LogP contribution is 2.32. The molecule has 19 heavy (non-hydrogen) atoms. The second-order valence-corrected chi connectivity index (χ2v) is 6.57. The zero-order valence-electron chi connectivity index (χ0n) is 10.4. The maximum absolute atomic E-state index is 11.7. The molecule has 0 saturated heterocycles. The average Bonchev–Trinajstić information content (AvgIpc) is 2.77. The summed E-state index contributed by atoms with van der Waals surface area (Å²) in [6, 6.07) is 4.53. The number of aryl methyl sites for hydroxylation is 1. The van der Waals surface area contributed by atoms with Gasteiger partial charge in [-0.15, -0.1) is 0 Å². The molecule has 0 unspecified atom stereocenters. The zero-order valence-corrected chi connectivity index (χ0v) is 12.0. The number of nitrogens with zero attached hydrogens (tertiary/aromatic N) is 3. The second kappa shape index (κ2) is 5.19. The number of nitrogens with two attached hydrogens (primary N) is 1. The van der Waals surface area contributed by atoms with Gasteiger partial charge in [0.15, 0.2) is 5.16 Å². The average molecular weight is 299 g/mol. The number of aromatic nitrogens is 3. The topological polar surface area (TPSA) is 103 Å². The van der Waals surface area contributed by atoms with Crippen molar-refractivity contribution < 1.29 is 8.42 Å². The summed E-state index contributed by atoms with van der Waals surface area (Å²) in [5.74, 6) is 0. The molecular formula is C10H13N5O2S2. The summed E-state index contributed by atoms with van der Waals surface area (Å²) >= 11 is 1.26. The molecule has 2 aromatic rings. The Balaban J connectivity index is 2.41. The van der Waals surface area contributed by atoms with Gasteiger partial charge in [0.2, 0.25) is 10.0 Å². The third kappa shape index (κ3) is 2.88. The fourth-order valence-electron chi connectivity index (χ4n) is 1.36. The van der Waals surface area contributed by atoms with Crippen molar-refractivity contribution in [2.75, 3.05) is 12.8 Å². The number of benzene rings is 1. The van der Waals surface area contributed by atoms with Crippen molar-refractivity contribution in [1.29, 1.82) is 0 Å². The van der Waals surface area contributed by atoms with Gasteiger partial charge in [-0.25, -0.2) is 22.8 Å². The maximum Gasteiger partial charge on any atom is 0.240 e. The molecule has 0 atom stereocenters. The molecule has 0 aliphatic carbocycles. The van der Waals surface area contributed by atoms with E-state index in [1.807, 2.05) is 0 Å². The van der Waals surface area contributed by atoms with E-state index < -0.39 is 10.0 Å². The lowest BCUT2D eigenvalue weighted by molar-refractivity contribution is 0.588. The highest BCUT2D eigenvalue weighted by molar-refractivity contribution is 7.99. The lowest BCUT2D eigenvalue weighted by Gasteiger charge is -2.08. The SMILES string of the molecule is CNS(=O)(=O)c1ccc(N)c(Sc2ncnn2C)c1. The first-order chi connectivity index (χ1) is 8.94. The number of nitrogen functional groups attached to an aromatic ring is 1. The fourth-order valence-corrected chi connectivity index (χ4v) is 3.04. The molecule has 0 bridgehead atoms. The van der Waals surface area contributed by atoms with Gasteiger partial charge >= 0.3 is 0 Å². The zero-order chi connectivity index (χ0) is 14.0. The van der Waals surface area contributed by atoms with E-state index in [0.717, 1.165) is 0 Å². The molecule has 0 aliphatic heterocycles. The molecule has 0 saturated carbocycles. The molecule has 2 rings (SSSR count). The Morgan fingerprint density at radius 1 is 1.42 bits per heavy atom. The Labute approximate surface area is 115 Å². The molecule has 1 aromatic carbocycles. The van der Waals surface area contributed by atoms with E-state index in [0.29, 0.717) is 15.7 Å². The second-order valence-electron chi connectivity index (χ2n) is 3.68. The van der Waals surface area contributed by atoms with Crippen LogP contribution in [0, 0.1) is 0 Å². The van der Waals surface area contributed by atoms with Crippen LogP contribution in [0.25, 0.3) is 0 Å². The largest absolute Gasteiger partial charge is 0.398 e. The predicted octanol–water partition coefficient (Wildman–Crippen LogP) is 0.457. The molecule has 7 nitrogen and oxygen atoms in total. The van der Waals surface area contributed by atoms with E-state index >= 15 is 0 Å². The number of sulfonamides is 1. The highest BCUT2D eigenvalue weighted by atomic mass is 32.2. The van der Waals surface area contributed by atoms with Crippen LogP contribution in [0.2, 0.25) is 0 Å². The van der Waals surface area contributed by atoms with Crippen LogP contribution in [-0.2, 0) is 17.1 Å². The summed E-state index contributed by atoms with van der Waals surface area (Å²) in [5.41, 5.74) is 6.34. The molecule has 102 valence electrons. The Morgan fingerprint density at radius 3 is 2.74 bits per heavy atom. The van der Waals surface area contributed by atoms with E-state index in [-0.39, 0.29) is 4.90 Å². The molecule has 0 spiro atoms. The van der Waals surface area contributed by atoms with Gasteiger partial charge in [0, 0.05) is 17.6 Å². The van der Waals surface area contributed by atoms with Crippen LogP contribution in [0.1, 0.15) is 0 Å². The first kappa shape index (κ1) is 13.8. The monoisotopic (exact) mass is 299 g/mol. The minimum Gasteiger partial charge on any atom is -0.398 e. The van der Waals surface area contributed by atoms with Gasteiger partial charge in [-0.2, -0.15) is 5.10 Å². The molecule has 0 fully saturated rings. The van der Waals surface area contributed by atoms with E-state index in [9.17, 15) is 8.42 Å². The van der Waals surface area contributed by atoms with Crippen molar-refractivity contribution in [1.82, 2.24) is 19.5 Å². The van der Waals surface area contributed by atoms with Crippen LogP contribution >= 0.6 is 11.8 Å². The summed E-state index contributed by atoms with van der Waals surface area (Å²) in [6.45, 7) is 0. The first-order valence-electron chi connectivity index (χ1n) is 5.29. The summed E-state index contributed by atoms with van der Waals surface area (Å²) in [7, 11) is -0.376. The van der Waals surface area contributed by atoms with Crippen LogP contribution < -0.4 is 10.5 Å². The van der Waals surface area contributed by atoms with Crippen molar-refractivity contribution in [3.05, 3.63) is 24.5 Å². The minimum absolute atomic E-state index is 0.161. The van der Waals surface area contributed by atoms with E-state index in [1.165, 1.54) is 37.3 Å². The summed E-state index contributed by atoms with van der Waals surface area (Å²) in [4.78, 5) is 4.84. The van der Waals surface area contributed by atoms with Gasteiger partial charge in [-0.1, -0.05) is 0 Å². The summed E-state index contributed by atoms with van der Waals surface area (Å²) in [5, 5.41) is 4.57. The van der Waals surface area contributed by atoms with Crippen LogP contribution in [0.3, 0.4) is 0 Å². The maximum atomic E-state index is 11.7. The van der Waals surface area contributed by atoms with Crippen molar-refractivity contribution in [3.63, 3.8) is 0 Å². The van der Waals surface area contributed by atoms with Gasteiger partial charge < -0.3 is 5.73 Å². The van der Waals surface area contributed by atoms with Crippen LogP contribution in [-0.4, -0.2) is 30.2 Å². The Hall–Kier alpha value is -1.58. The van der Waals surface area contributed by atoms with Crippen LogP contribution in [0.5, 0.6) is 0 Å². The molecule has 0 radical (unpaired) electrons. The summed E-state index contributed by atoms with van der Waals surface area (Å²) < 4.78 is 27.3. The number of nitrogens with one attached hydrogen (secondary N) is 1. The Kier molecular flexibility index (Phi) is 3.78. The Morgan fingerprint density at radius 2 is 2.16 bits per heavy atom. The van der Waals surface area contributed by atoms with Crippen molar-refractivity contribution in [3.8, 4) is 0 Å². The van der Waals surface area contributed by atoms with Gasteiger partial charge in [-0.3, -0.25) is 0 Å². The molecule has 9 heteroatoms. The minimum atomic E-state index is -3.49. The molecule has 3 N–H and O–H groups in total. The predicted molar refractivity (Wildman–Crippen MR) is 72.2 cm³/mol. The van der Waals surface area contributed by atoms with Crippen LogP contribution in [0.4, 0.5) is 5.69 Å². The quantitative estimate of drug-likeness (QED) is 0.795. The first-order valence-corrected chi connectivity index (χ1v) is 7.59. The summed E-state index contributed by atoms with van der Waals surface area (Å²) in [6.07, 6.45) is 1.42. The Bertz CT molecular complexity index is 696. The number of hydrogen-bond donors (Lipinski definition) is 2. The van der Waals surface area contributed by atoms with Gasteiger partial charge in [-0.05, 0) is 37.0 Å². The van der Waals surface area contributed by atoms with E-state index in [2.05, 4.69) is 14.8 Å². The third-order valence-electron chi connectivity index (χ3n) is 2.44. The van der Waals surface area contributed by atoms with Crippen LogP contribution in [0.15, 0.2) is 39.5 Å². The normalized spacial score (nSPS) is 11.7. The number of hydrogen-bond acceptors (Lipinski definition) is 6. The van der Waals surface area contributed by atoms with Gasteiger partial charge in [0.25, 0.3) is 0 Å². The van der Waals surface area contributed by atoms with Crippen molar-refractivity contribution in [2.45, 2.75) is 14.9 Å². The van der Waals surface area contributed by atoms with Crippen molar-refractivity contribution >= 4 is 27.5 Å². The number of rotatable bonds is 4. The molecular weight excluding hydrogens is 286 g/mol.